The van der Waals surface area contributed by atoms with Gasteiger partial charge in [-0.25, -0.2) is 9.97 Å². The minimum absolute atomic E-state index is 0.0924. The van der Waals surface area contributed by atoms with Gasteiger partial charge in [-0.3, -0.25) is 4.79 Å². The van der Waals surface area contributed by atoms with Gasteiger partial charge in [0.2, 0.25) is 0 Å². The number of carbonyl (C=O) groups excluding carboxylic acids is 1. The third kappa shape index (κ3) is 4.63. The number of aliphatic hydroxyl groups excluding tert-OH is 2. The number of hydrogen-bond acceptors (Lipinski definition) is 7. The summed E-state index contributed by atoms with van der Waals surface area (Å²) >= 11 is 2.37. The third-order valence-corrected chi connectivity index (χ3v) is 3.48. The third-order valence-electron chi connectivity index (χ3n) is 1.99. The number of aromatic nitrogens is 2. The van der Waals surface area contributed by atoms with E-state index in [1.165, 1.54) is 31.1 Å². The lowest BCUT2D eigenvalue weighted by molar-refractivity contribution is -0.109. The quantitative estimate of drug-likeness (QED) is 0.609. The lowest BCUT2D eigenvalue weighted by atomic mass is 10.1. The van der Waals surface area contributed by atoms with Crippen LogP contribution in [-0.2, 0) is 4.79 Å². The lowest BCUT2D eigenvalue weighted by Gasteiger charge is -2.16. The summed E-state index contributed by atoms with van der Waals surface area (Å²) in [6, 6.07) is 0. The van der Waals surface area contributed by atoms with Crippen molar-refractivity contribution in [2.45, 2.75) is 24.3 Å². The van der Waals surface area contributed by atoms with Gasteiger partial charge in [0.25, 0.3) is 0 Å². The van der Waals surface area contributed by atoms with E-state index in [9.17, 15) is 15.0 Å². The molecule has 94 valence electrons. The summed E-state index contributed by atoms with van der Waals surface area (Å²) in [5, 5.41) is 20.0. The average molecular weight is 274 g/mol. The van der Waals surface area contributed by atoms with E-state index in [-0.39, 0.29) is 10.9 Å². The highest BCUT2D eigenvalue weighted by molar-refractivity contribution is 8.13. The van der Waals surface area contributed by atoms with E-state index >= 15 is 0 Å². The van der Waals surface area contributed by atoms with Crippen LogP contribution in [0.2, 0.25) is 0 Å². The molecule has 0 fully saturated rings. The average Bonchev–Trinajstić information content (AvgIpc) is 2.35. The SMILES string of the molecule is CSc1ncc(C(O)C(O)CSC(C)=O)cn1. The number of carbonyl (C=O) groups is 1. The van der Waals surface area contributed by atoms with Gasteiger partial charge in [0.05, 0.1) is 6.10 Å². The van der Waals surface area contributed by atoms with Crippen LogP contribution in [0.4, 0.5) is 0 Å². The Kier molecular flexibility index (Phi) is 5.90. The molecule has 0 aromatic carbocycles. The molecule has 0 radical (unpaired) electrons. The van der Waals surface area contributed by atoms with Gasteiger partial charge in [-0.1, -0.05) is 23.5 Å². The predicted octanol–water partition coefficient (Wildman–Crippen LogP) is 0.872. The van der Waals surface area contributed by atoms with Crippen LogP contribution in [-0.4, -0.2) is 43.4 Å². The Labute approximate surface area is 108 Å². The first kappa shape index (κ1) is 14.4. The van der Waals surface area contributed by atoms with Crippen LogP contribution >= 0.6 is 23.5 Å². The van der Waals surface area contributed by atoms with E-state index in [4.69, 9.17) is 0 Å². The molecule has 0 saturated heterocycles. The number of rotatable bonds is 5. The van der Waals surface area contributed by atoms with Gasteiger partial charge in [0.15, 0.2) is 10.3 Å². The second-order valence-corrected chi connectivity index (χ2v) is 5.29. The van der Waals surface area contributed by atoms with Crippen LogP contribution < -0.4 is 0 Å². The molecule has 1 heterocycles. The summed E-state index contributed by atoms with van der Waals surface area (Å²) < 4.78 is 0. The van der Waals surface area contributed by atoms with Crippen molar-refractivity contribution in [3.8, 4) is 0 Å². The fourth-order valence-electron chi connectivity index (χ4n) is 1.10. The molecule has 1 aromatic heterocycles. The molecular formula is C10H14N2O3S2. The van der Waals surface area contributed by atoms with Crippen molar-refractivity contribution in [2.24, 2.45) is 0 Å². The molecule has 0 aliphatic heterocycles. The Morgan fingerprint density at radius 2 is 2.00 bits per heavy atom. The number of hydrogen-bond donors (Lipinski definition) is 2. The van der Waals surface area contributed by atoms with Crippen LogP contribution in [0.1, 0.15) is 18.6 Å². The summed E-state index contributed by atoms with van der Waals surface area (Å²) in [7, 11) is 0. The topological polar surface area (TPSA) is 83.3 Å². The van der Waals surface area contributed by atoms with Crippen molar-refractivity contribution in [1.82, 2.24) is 9.97 Å². The molecule has 7 heteroatoms. The highest BCUT2D eigenvalue weighted by atomic mass is 32.2. The Morgan fingerprint density at radius 3 is 2.47 bits per heavy atom. The van der Waals surface area contributed by atoms with E-state index in [0.717, 1.165) is 11.8 Å². The van der Waals surface area contributed by atoms with Crippen molar-refractivity contribution in [1.29, 1.82) is 0 Å². The first-order valence-electron chi connectivity index (χ1n) is 4.90. The molecule has 0 aliphatic rings. The zero-order valence-corrected chi connectivity index (χ0v) is 11.2. The molecule has 1 rings (SSSR count). The molecule has 2 unspecified atom stereocenters. The van der Waals surface area contributed by atoms with Gasteiger partial charge in [0, 0.05) is 30.6 Å². The molecule has 0 aliphatic carbocycles. The van der Waals surface area contributed by atoms with E-state index in [1.54, 1.807) is 0 Å². The van der Waals surface area contributed by atoms with Gasteiger partial charge in [-0.05, 0) is 6.26 Å². The Morgan fingerprint density at radius 1 is 1.41 bits per heavy atom. The van der Waals surface area contributed by atoms with Crippen LogP contribution in [0.5, 0.6) is 0 Å². The maximum Gasteiger partial charge on any atom is 0.187 e. The van der Waals surface area contributed by atoms with Crippen molar-refractivity contribution < 1.29 is 15.0 Å². The summed E-state index contributed by atoms with van der Waals surface area (Å²) in [5.74, 6) is 0.154. The fraction of sp³-hybridized carbons (Fsp3) is 0.500. The van der Waals surface area contributed by atoms with Crippen molar-refractivity contribution in [2.75, 3.05) is 12.0 Å². The Balaban J connectivity index is 2.60. The van der Waals surface area contributed by atoms with E-state index in [1.807, 2.05) is 6.26 Å². The molecule has 2 atom stereocenters. The van der Waals surface area contributed by atoms with Gasteiger partial charge in [-0.15, -0.1) is 0 Å². The minimum atomic E-state index is -1.07. The molecule has 17 heavy (non-hydrogen) atoms. The molecule has 1 aromatic rings. The van der Waals surface area contributed by atoms with Crippen LogP contribution in [0, 0.1) is 0 Å². The molecule has 0 spiro atoms. The van der Waals surface area contributed by atoms with Gasteiger partial charge < -0.3 is 10.2 Å². The van der Waals surface area contributed by atoms with E-state index in [2.05, 4.69) is 9.97 Å². The second-order valence-electron chi connectivity index (χ2n) is 3.32. The maximum atomic E-state index is 10.7. The van der Waals surface area contributed by atoms with Crippen molar-refractivity contribution in [3.63, 3.8) is 0 Å². The zero-order valence-electron chi connectivity index (χ0n) is 9.53. The standard InChI is InChI=1S/C10H14N2O3S2/c1-6(13)17-5-8(14)9(15)7-3-11-10(16-2)12-4-7/h3-4,8-9,14-15H,5H2,1-2H3. The highest BCUT2D eigenvalue weighted by Crippen LogP contribution is 2.19. The van der Waals surface area contributed by atoms with E-state index < -0.39 is 12.2 Å². The maximum absolute atomic E-state index is 10.7. The predicted molar refractivity (Wildman–Crippen MR) is 67.9 cm³/mol. The number of aliphatic hydroxyl groups is 2. The van der Waals surface area contributed by atoms with E-state index in [0.29, 0.717) is 10.7 Å². The molecule has 0 saturated carbocycles. The monoisotopic (exact) mass is 274 g/mol. The van der Waals surface area contributed by atoms with Gasteiger partial charge >= 0.3 is 0 Å². The molecule has 2 N–H and O–H groups in total. The first-order chi connectivity index (χ1) is 8.04. The first-order valence-corrected chi connectivity index (χ1v) is 7.11. The van der Waals surface area contributed by atoms with Crippen molar-refractivity contribution in [3.05, 3.63) is 18.0 Å². The minimum Gasteiger partial charge on any atom is -0.389 e. The molecular weight excluding hydrogens is 260 g/mol. The largest absolute Gasteiger partial charge is 0.389 e. The van der Waals surface area contributed by atoms with Gasteiger partial charge in [0.1, 0.15) is 6.10 Å². The normalized spacial score (nSPS) is 14.4. The number of nitrogens with zero attached hydrogens (tertiary/aromatic N) is 2. The lowest BCUT2D eigenvalue weighted by Crippen LogP contribution is -2.21. The zero-order chi connectivity index (χ0) is 12.8. The smallest absolute Gasteiger partial charge is 0.187 e. The summed E-state index contributed by atoms with van der Waals surface area (Å²) in [4.78, 5) is 18.7. The molecule has 0 amide bonds. The van der Waals surface area contributed by atoms with Crippen LogP contribution in [0.3, 0.4) is 0 Å². The van der Waals surface area contributed by atoms with Crippen molar-refractivity contribution >= 4 is 28.6 Å². The summed E-state index contributed by atoms with van der Waals surface area (Å²) in [5.41, 5.74) is 0.444. The van der Waals surface area contributed by atoms with Crippen LogP contribution in [0.15, 0.2) is 17.6 Å². The summed E-state index contributed by atoms with van der Waals surface area (Å²) in [6.45, 7) is 1.42. The number of thioether (sulfide) groups is 2. The van der Waals surface area contributed by atoms with Gasteiger partial charge in [-0.2, -0.15) is 0 Å². The molecule has 5 nitrogen and oxygen atoms in total. The Bertz CT molecular complexity index is 372. The summed E-state index contributed by atoms with van der Waals surface area (Å²) in [6.07, 6.45) is 2.73. The van der Waals surface area contributed by atoms with Crippen LogP contribution in [0.25, 0.3) is 0 Å². The second kappa shape index (κ2) is 6.95. The highest BCUT2D eigenvalue weighted by Gasteiger charge is 2.19. The Hall–Kier alpha value is -0.630. The fourth-order valence-corrected chi connectivity index (χ4v) is 2.00. The molecule has 0 bridgehead atoms.